The molecule has 104 valence electrons. The number of carbonyl (C=O) groups excluding carboxylic acids is 1. The second-order valence-corrected chi connectivity index (χ2v) is 5.76. The maximum Gasteiger partial charge on any atom is 0.223 e. The van der Waals surface area contributed by atoms with Gasteiger partial charge in [-0.15, -0.1) is 0 Å². The van der Waals surface area contributed by atoms with E-state index in [4.69, 9.17) is 0 Å². The van der Waals surface area contributed by atoms with Gasteiger partial charge in [-0.05, 0) is 51.6 Å². The van der Waals surface area contributed by atoms with Crippen molar-refractivity contribution in [2.75, 3.05) is 32.7 Å². The van der Waals surface area contributed by atoms with E-state index in [0.717, 1.165) is 45.6 Å². The lowest BCUT2D eigenvalue weighted by Gasteiger charge is -2.33. The lowest BCUT2D eigenvalue weighted by molar-refractivity contribution is -0.133. The molecule has 0 bridgehead atoms. The molecule has 0 aromatic heterocycles. The van der Waals surface area contributed by atoms with E-state index in [9.17, 15) is 9.90 Å². The van der Waals surface area contributed by atoms with Crippen LogP contribution in [0.2, 0.25) is 0 Å². The molecule has 2 rings (SSSR count). The minimum absolute atomic E-state index is 0.230. The molecule has 1 atom stereocenters. The summed E-state index contributed by atoms with van der Waals surface area (Å²) in [5.41, 5.74) is 0. The number of hydrogen-bond acceptors (Lipinski definition) is 3. The second-order valence-electron chi connectivity index (χ2n) is 5.76. The van der Waals surface area contributed by atoms with E-state index in [-0.39, 0.29) is 6.10 Å². The van der Waals surface area contributed by atoms with Gasteiger partial charge < -0.3 is 14.9 Å². The lowest BCUT2D eigenvalue weighted by Crippen LogP contribution is -2.41. The maximum absolute atomic E-state index is 12.1. The van der Waals surface area contributed by atoms with Gasteiger partial charge in [0.15, 0.2) is 0 Å². The number of likely N-dealkylation sites (tertiary alicyclic amines) is 2. The van der Waals surface area contributed by atoms with Crippen LogP contribution in [0.5, 0.6) is 0 Å². The minimum atomic E-state index is -0.230. The average Bonchev–Trinajstić information content (AvgIpc) is 2.89. The molecule has 0 saturated carbocycles. The van der Waals surface area contributed by atoms with E-state index in [0.29, 0.717) is 18.2 Å². The molecule has 0 spiro atoms. The number of aliphatic hydroxyl groups excluding tert-OH is 1. The second kappa shape index (κ2) is 6.53. The summed E-state index contributed by atoms with van der Waals surface area (Å²) in [4.78, 5) is 16.4. The monoisotopic (exact) mass is 254 g/mol. The van der Waals surface area contributed by atoms with E-state index in [1.165, 1.54) is 12.8 Å². The fourth-order valence-corrected chi connectivity index (χ4v) is 3.05. The zero-order valence-electron chi connectivity index (χ0n) is 11.5. The van der Waals surface area contributed by atoms with Crippen molar-refractivity contribution in [3.63, 3.8) is 0 Å². The molecule has 2 fully saturated rings. The lowest BCUT2D eigenvalue weighted by atomic mass is 9.92. The molecule has 1 amide bonds. The molecule has 2 aliphatic heterocycles. The van der Waals surface area contributed by atoms with Gasteiger partial charge in [0.2, 0.25) is 5.91 Å². The molecule has 0 radical (unpaired) electrons. The molecule has 1 unspecified atom stereocenters. The number of piperidine rings is 1. The molecular formula is C14H26N2O2. The molecule has 4 nitrogen and oxygen atoms in total. The molecule has 2 saturated heterocycles. The van der Waals surface area contributed by atoms with E-state index in [1.807, 2.05) is 11.8 Å². The van der Waals surface area contributed by atoms with E-state index < -0.39 is 0 Å². The Hall–Kier alpha value is -0.610. The smallest absolute Gasteiger partial charge is 0.223 e. The third kappa shape index (κ3) is 3.69. The summed E-state index contributed by atoms with van der Waals surface area (Å²) in [5.74, 6) is 0.679. The Labute approximate surface area is 110 Å². The summed E-state index contributed by atoms with van der Waals surface area (Å²) in [5, 5.41) is 9.54. The van der Waals surface area contributed by atoms with Crippen LogP contribution in [0.25, 0.3) is 0 Å². The maximum atomic E-state index is 12.1. The largest absolute Gasteiger partial charge is 0.393 e. The summed E-state index contributed by atoms with van der Waals surface area (Å²) in [6.07, 6.45) is 4.91. The highest BCUT2D eigenvalue weighted by Crippen LogP contribution is 2.21. The van der Waals surface area contributed by atoms with Gasteiger partial charge in [0, 0.05) is 26.1 Å². The van der Waals surface area contributed by atoms with Gasteiger partial charge in [-0.25, -0.2) is 0 Å². The molecular weight excluding hydrogens is 228 g/mol. The van der Waals surface area contributed by atoms with Crippen LogP contribution in [0.4, 0.5) is 0 Å². The van der Waals surface area contributed by atoms with Gasteiger partial charge in [0.05, 0.1) is 6.10 Å². The quantitative estimate of drug-likeness (QED) is 0.817. The molecule has 1 N–H and O–H groups in total. The molecule has 0 aromatic carbocycles. The summed E-state index contributed by atoms with van der Waals surface area (Å²) < 4.78 is 0. The van der Waals surface area contributed by atoms with E-state index in [1.54, 1.807) is 0 Å². The van der Waals surface area contributed by atoms with Crippen molar-refractivity contribution < 1.29 is 9.90 Å². The SMILES string of the molecule is CC(O)C1CCN(C(=O)CCN2CCCC2)CC1. The van der Waals surface area contributed by atoms with Crippen LogP contribution in [0.3, 0.4) is 0 Å². The highest BCUT2D eigenvalue weighted by molar-refractivity contribution is 5.76. The van der Waals surface area contributed by atoms with Crippen LogP contribution in [-0.4, -0.2) is 59.6 Å². The molecule has 0 aromatic rings. The van der Waals surface area contributed by atoms with Crippen LogP contribution >= 0.6 is 0 Å². The Bertz CT molecular complexity index is 267. The normalized spacial score (nSPS) is 24.4. The molecule has 4 heteroatoms. The molecule has 18 heavy (non-hydrogen) atoms. The number of hydrogen-bond donors (Lipinski definition) is 1. The van der Waals surface area contributed by atoms with Gasteiger partial charge in [-0.3, -0.25) is 4.79 Å². The number of aliphatic hydroxyl groups is 1. The fraction of sp³-hybridized carbons (Fsp3) is 0.929. The van der Waals surface area contributed by atoms with Crippen molar-refractivity contribution in [1.82, 2.24) is 9.80 Å². The third-order valence-corrected chi connectivity index (χ3v) is 4.42. The zero-order chi connectivity index (χ0) is 13.0. The highest BCUT2D eigenvalue weighted by Gasteiger charge is 2.25. The van der Waals surface area contributed by atoms with Crippen LogP contribution in [0, 0.1) is 5.92 Å². The van der Waals surface area contributed by atoms with Crippen molar-refractivity contribution in [3.8, 4) is 0 Å². The topological polar surface area (TPSA) is 43.8 Å². The molecule has 2 aliphatic rings. The van der Waals surface area contributed by atoms with Crippen molar-refractivity contribution in [3.05, 3.63) is 0 Å². The molecule has 2 heterocycles. The number of amides is 1. The summed E-state index contributed by atoms with van der Waals surface area (Å²) in [6, 6.07) is 0. The van der Waals surface area contributed by atoms with Crippen molar-refractivity contribution in [1.29, 1.82) is 0 Å². The Balaban J connectivity index is 1.67. The first-order valence-corrected chi connectivity index (χ1v) is 7.35. The van der Waals surface area contributed by atoms with Crippen LogP contribution in [-0.2, 0) is 4.79 Å². The standard InChI is InChI=1S/C14H26N2O2/c1-12(17)13-4-10-16(11-5-13)14(18)6-9-15-7-2-3-8-15/h12-13,17H,2-11H2,1H3. The Morgan fingerprint density at radius 2 is 1.83 bits per heavy atom. The van der Waals surface area contributed by atoms with Gasteiger partial charge >= 0.3 is 0 Å². The number of nitrogens with zero attached hydrogens (tertiary/aromatic N) is 2. The molecule has 0 aliphatic carbocycles. The number of rotatable bonds is 4. The summed E-state index contributed by atoms with van der Waals surface area (Å²) in [7, 11) is 0. The van der Waals surface area contributed by atoms with Crippen molar-refractivity contribution >= 4 is 5.91 Å². The highest BCUT2D eigenvalue weighted by atomic mass is 16.3. The van der Waals surface area contributed by atoms with Gasteiger partial charge in [-0.1, -0.05) is 0 Å². The Morgan fingerprint density at radius 1 is 1.22 bits per heavy atom. The van der Waals surface area contributed by atoms with E-state index in [2.05, 4.69) is 4.90 Å². The minimum Gasteiger partial charge on any atom is -0.393 e. The predicted molar refractivity (Wildman–Crippen MR) is 71.3 cm³/mol. The number of carbonyl (C=O) groups is 1. The van der Waals surface area contributed by atoms with Crippen molar-refractivity contribution in [2.24, 2.45) is 5.92 Å². The summed E-state index contributed by atoms with van der Waals surface area (Å²) >= 11 is 0. The predicted octanol–water partition coefficient (Wildman–Crippen LogP) is 1.09. The van der Waals surface area contributed by atoms with Crippen LogP contribution < -0.4 is 0 Å². The average molecular weight is 254 g/mol. The van der Waals surface area contributed by atoms with Crippen molar-refractivity contribution in [2.45, 2.75) is 45.1 Å². The third-order valence-electron chi connectivity index (χ3n) is 4.42. The van der Waals surface area contributed by atoms with Gasteiger partial charge in [0.25, 0.3) is 0 Å². The Morgan fingerprint density at radius 3 is 2.39 bits per heavy atom. The van der Waals surface area contributed by atoms with E-state index >= 15 is 0 Å². The zero-order valence-corrected chi connectivity index (χ0v) is 11.5. The van der Waals surface area contributed by atoms with Gasteiger partial charge in [-0.2, -0.15) is 0 Å². The van der Waals surface area contributed by atoms with Gasteiger partial charge in [0.1, 0.15) is 0 Å². The fourth-order valence-electron chi connectivity index (χ4n) is 3.05. The summed E-state index contributed by atoms with van der Waals surface area (Å²) in [6.45, 7) is 6.77. The van der Waals surface area contributed by atoms with Crippen LogP contribution in [0.15, 0.2) is 0 Å². The first kappa shape index (κ1) is 13.8. The Kier molecular flexibility index (Phi) is 5.01. The first-order chi connectivity index (χ1) is 8.66. The van der Waals surface area contributed by atoms with Crippen LogP contribution in [0.1, 0.15) is 39.0 Å². The first-order valence-electron chi connectivity index (χ1n) is 7.35.